The number of hydrogen-bond donors (Lipinski definition) is 1. The molecule has 1 N–H and O–H groups in total. The number of amides is 1. The second-order valence-electron chi connectivity index (χ2n) is 7.76. The maximum absolute atomic E-state index is 12.5. The van der Waals surface area contributed by atoms with Crippen LogP contribution in [0.3, 0.4) is 0 Å². The molecule has 2 aromatic carbocycles. The molecule has 0 fully saturated rings. The first kappa shape index (κ1) is 24.7. The number of nitrogens with zero attached hydrogens (tertiary/aromatic N) is 4. The Morgan fingerprint density at radius 3 is 2.66 bits per heavy atom. The lowest BCUT2D eigenvalue weighted by Gasteiger charge is -2.12. The number of nitrogens with one attached hydrogen (secondary N) is 1. The maximum Gasteiger partial charge on any atom is 0.236 e. The number of carbonyl (C=O) groups is 1. The first-order valence-corrected chi connectivity index (χ1v) is 12.9. The molecule has 35 heavy (non-hydrogen) atoms. The molecule has 1 amide bonds. The minimum absolute atomic E-state index is 0.148. The number of rotatable bonds is 10. The first-order chi connectivity index (χ1) is 16.9. The summed E-state index contributed by atoms with van der Waals surface area (Å²) in [6, 6.07) is 15.7. The van der Waals surface area contributed by atoms with Crippen LogP contribution in [-0.2, 0) is 18.4 Å². The van der Waals surface area contributed by atoms with Crippen LogP contribution < -0.4 is 14.8 Å². The summed E-state index contributed by atoms with van der Waals surface area (Å²) >= 11 is 2.78. The Morgan fingerprint density at radius 1 is 1.09 bits per heavy atom. The number of benzene rings is 2. The van der Waals surface area contributed by atoms with Crippen LogP contribution in [-0.4, -0.2) is 38.0 Å². The summed E-state index contributed by atoms with van der Waals surface area (Å²) in [5.74, 6) is 2.05. The second-order valence-corrected chi connectivity index (χ2v) is 9.90. The van der Waals surface area contributed by atoms with Gasteiger partial charge in [0.2, 0.25) is 5.91 Å². The minimum Gasteiger partial charge on any atom is -0.490 e. The number of anilines is 1. The van der Waals surface area contributed by atoms with Gasteiger partial charge in [-0.1, -0.05) is 48.2 Å². The van der Waals surface area contributed by atoms with Crippen molar-refractivity contribution in [1.82, 2.24) is 19.7 Å². The van der Waals surface area contributed by atoms with Gasteiger partial charge >= 0.3 is 0 Å². The van der Waals surface area contributed by atoms with Crippen molar-refractivity contribution in [2.24, 2.45) is 7.05 Å². The van der Waals surface area contributed by atoms with Crippen LogP contribution in [0.15, 0.2) is 53.7 Å². The van der Waals surface area contributed by atoms with Crippen molar-refractivity contribution in [3.63, 3.8) is 0 Å². The Morgan fingerprint density at radius 2 is 1.89 bits per heavy atom. The standard InChI is InChI=1S/C25H27N5O3S2/c1-5-32-20-13-16(2)11-12-19(20)33-14-21-28-29-25(30(21)4)34-15-22(31)26-24-27-23(17(3)35-24)18-9-7-6-8-10-18/h6-13H,5,14-15H2,1-4H3,(H,26,27,31). The number of carbonyl (C=O) groups excluding carboxylic acids is 1. The van der Waals surface area contributed by atoms with Crippen LogP contribution in [0.25, 0.3) is 11.3 Å². The lowest BCUT2D eigenvalue weighted by atomic mass is 10.1. The van der Waals surface area contributed by atoms with Gasteiger partial charge in [0.1, 0.15) is 6.61 Å². The van der Waals surface area contributed by atoms with Gasteiger partial charge in [0, 0.05) is 17.5 Å². The Labute approximate surface area is 212 Å². The number of thiazole rings is 1. The van der Waals surface area contributed by atoms with E-state index in [4.69, 9.17) is 9.47 Å². The van der Waals surface area contributed by atoms with Gasteiger partial charge in [-0.3, -0.25) is 4.79 Å². The van der Waals surface area contributed by atoms with E-state index in [0.717, 1.165) is 21.7 Å². The van der Waals surface area contributed by atoms with Gasteiger partial charge in [0.05, 0.1) is 18.1 Å². The van der Waals surface area contributed by atoms with Crippen LogP contribution in [0.4, 0.5) is 5.13 Å². The SMILES string of the molecule is CCOc1cc(C)ccc1OCc1nnc(SCC(=O)Nc2nc(-c3ccccc3)c(C)s2)n1C. The third-order valence-electron chi connectivity index (χ3n) is 5.10. The number of ether oxygens (including phenoxy) is 2. The van der Waals surface area contributed by atoms with Crippen molar-refractivity contribution in [2.45, 2.75) is 32.5 Å². The molecule has 0 radical (unpaired) electrons. The van der Waals surface area contributed by atoms with Crippen LogP contribution in [0.2, 0.25) is 0 Å². The molecule has 0 aliphatic rings. The summed E-state index contributed by atoms with van der Waals surface area (Å²) in [6.07, 6.45) is 0. The number of thioether (sulfide) groups is 1. The number of aromatic nitrogens is 4. The van der Waals surface area contributed by atoms with E-state index in [1.807, 2.05) is 80.9 Å². The predicted octanol–water partition coefficient (Wildman–Crippen LogP) is 5.26. The van der Waals surface area contributed by atoms with E-state index < -0.39 is 0 Å². The lowest BCUT2D eigenvalue weighted by molar-refractivity contribution is -0.113. The summed E-state index contributed by atoms with van der Waals surface area (Å²) in [5.41, 5.74) is 3.02. The van der Waals surface area contributed by atoms with Gasteiger partial charge in [0.15, 0.2) is 27.6 Å². The van der Waals surface area contributed by atoms with E-state index in [-0.39, 0.29) is 18.3 Å². The molecule has 4 rings (SSSR count). The summed E-state index contributed by atoms with van der Waals surface area (Å²) in [4.78, 5) is 18.2. The number of hydrogen-bond acceptors (Lipinski definition) is 8. The molecule has 0 saturated carbocycles. The Bertz CT molecular complexity index is 1300. The van der Waals surface area contributed by atoms with Crippen LogP contribution in [0.5, 0.6) is 11.5 Å². The molecule has 8 nitrogen and oxygen atoms in total. The maximum atomic E-state index is 12.5. The van der Waals surface area contributed by atoms with E-state index in [1.54, 1.807) is 0 Å². The number of aryl methyl sites for hydroxylation is 2. The predicted molar refractivity (Wildman–Crippen MR) is 139 cm³/mol. The Balaban J connectivity index is 1.33. The first-order valence-electron chi connectivity index (χ1n) is 11.1. The zero-order valence-electron chi connectivity index (χ0n) is 20.1. The van der Waals surface area contributed by atoms with Crippen LogP contribution in [0.1, 0.15) is 23.2 Å². The van der Waals surface area contributed by atoms with E-state index >= 15 is 0 Å². The van der Waals surface area contributed by atoms with Gasteiger partial charge < -0.3 is 19.4 Å². The summed E-state index contributed by atoms with van der Waals surface area (Å²) in [7, 11) is 1.86. The van der Waals surface area contributed by atoms with E-state index in [9.17, 15) is 4.79 Å². The van der Waals surface area contributed by atoms with Crippen LogP contribution >= 0.6 is 23.1 Å². The van der Waals surface area contributed by atoms with Gasteiger partial charge in [-0.2, -0.15) is 0 Å². The molecule has 0 atom stereocenters. The second kappa shape index (κ2) is 11.4. The zero-order chi connectivity index (χ0) is 24.8. The van der Waals surface area contributed by atoms with E-state index in [0.29, 0.717) is 34.2 Å². The fourth-order valence-corrected chi connectivity index (χ4v) is 4.92. The fourth-order valence-electron chi connectivity index (χ4n) is 3.34. The third kappa shape index (κ3) is 6.20. The Kier molecular flexibility index (Phi) is 8.04. The molecule has 2 aromatic heterocycles. The highest BCUT2D eigenvalue weighted by molar-refractivity contribution is 7.99. The largest absolute Gasteiger partial charge is 0.490 e. The topological polar surface area (TPSA) is 91.2 Å². The molecule has 2 heterocycles. The van der Waals surface area contributed by atoms with Crippen molar-refractivity contribution in [1.29, 1.82) is 0 Å². The molecule has 4 aromatic rings. The van der Waals surface area contributed by atoms with Crippen molar-refractivity contribution < 1.29 is 14.3 Å². The minimum atomic E-state index is -0.148. The van der Waals surface area contributed by atoms with Gasteiger partial charge in [-0.25, -0.2) is 4.98 Å². The third-order valence-corrected chi connectivity index (χ3v) is 7.01. The summed E-state index contributed by atoms with van der Waals surface area (Å²) in [6.45, 7) is 6.74. The molecule has 0 bridgehead atoms. The fraction of sp³-hybridized carbons (Fsp3) is 0.280. The highest BCUT2D eigenvalue weighted by Crippen LogP contribution is 2.31. The highest BCUT2D eigenvalue weighted by atomic mass is 32.2. The average Bonchev–Trinajstić information content (AvgIpc) is 3.39. The molecular formula is C25H27N5O3S2. The van der Waals surface area contributed by atoms with Crippen molar-refractivity contribution in [3.05, 3.63) is 64.8 Å². The Hall–Kier alpha value is -3.37. The molecule has 0 unspecified atom stereocenters. The molecule has 10 heteroatoms. The van der Waals surface area contributed by atoms with Gasteiger partial charge in [-0.15, -0.1) is 21.5 Å². The van der Waals surface area contributed by atoms with Crippen molar-refractivity contribution in [2.75, 3.05) is 17.7 Å². The van der Waals surface area contributed by atoms with E-state index in [1.165, 1.54) is 23.1 Å². The highest BCUT2D eigenvalue weighted by Gasteiger charge is 2.15. The van der Waals surface area contributed by atoms with Crippen molar-refractivity contribution in [3.8, 4) is 22.8 Å². The van der Waals surface area contributed by atoms with Crippen molar-refractivity contribution >= 4 is 34.1 Å². The molecule has 0 aliphatic heterocycles. The smallest absolute Gasteiger partial charge is 0.236 e. The monoisotopic (exact) mass is 509 g/mol. The van der Waals surface area contributed by atoms with Gasteiger partial charge in [0.25, 0.3) is 0 Å². The molecular weight excluding hydrogens is 482 g/mol. The summed E-state index contributed by atoms with van der Waals surface area (Å²) < 4.78 is 13.4. The molecule has 0 spiro atoms. The molecule has 0 aliphatic carbocycles. The zero-order valence-corrected chi connectivity index (χ0v) is 21.7. The molecule has 182 valence electrons. The normalized spacial score (nSPS) is 10.9. The quantitative estimate of drug-likeness (QED) is 0.291. The summed E-state index contributed by atoms with van der Waals surface area (Å²) in [5, 5.41) is 12.5. The lowest BCUT2D eigenvalue weighted by Crippen LogP contribution is -2.14. The molecule has 0 saturated heterocycles. The average molecular weight is 510 g/mol. The van der Waals surface area contributed by atoms with E-state index in [2.05, 4.69) is 20.5 Å². The van der Waals surface area contributed by atoms with Crippen LogP contribution in [0, 0.1) is 13.8 Å². The van der Waals surface area contributed by atoms with Gasteiger partial charge in [-0.05, 0) is 38.5 Å².